The first-order valence-corrected chi connectivity index (χ1v) is 10.0. The summed E-state index contributed by atoms with van der Waals surface area (Å²) in [4.78, 5) is 6.60. The van der Waals surface area contributed by atoms with Crippen molar-refractivity contribution in [3.05, 3.63) is 53.1 Å². The fourth-order valence-corrected chi connectivity index (χ4v) is 3.09. The number of nitrogens with zero attached hydrogens (tertiary/aromatic N) is 2. The first kappa shape index (κ1) is 23.3. The molecule has 7 nitrogen and oxygen atoms in total. The van der Waals surface area contributed by atoms with Gasteiger partial charge in [-0.2, -0.15) is 0 Å². The predicted molar refractivity (Wildman–Crippen MR) is 122 cm³/mol. The van der Waals surface area contributed by atoms with Crippen LogP contribution >= 0.6 is 0 Å². The molecule has 0 aliphatic carbocycles. The van der Waals surface area contributed by atoms with Gasteiger partial charge in [0.1, 0.15) is 0 Å². The Hall–Kier alpha value is -2.93. The van der Waals surface area contributed by atoms with Gasteiger partial charge in [-0.25, -0.2) is 0 Å². The summed E-state index contributed by atoms with van der Waals surface area (Å²) in [5.41, 5.74) is 3.52. The Labute approximate surface area is 180 Å². The van der Waals surface area contributed by atoms with E-state index in [2.05, 4.69) is 58.8 Å². The number of guanidine groups is 1. The molecule has 0 saturated carbocycles. The van der Waals surface area contributed by atoms with Crippen molar-refractivity contribution in [1.29, 1.82) is 0 Å². The van der Waals surface area contributed by atoms with Crippen LogP contribution in [0.15, 0.2) is 41.4 Å². The van der Waals surface area contributed by atoms with Crippen LogP contribution in [0.25, 0.3) is 0 Å². The molecule has 30 heavy (non-hydrogen) atoms. The van der Waals surface area contributed by atoms with Gasteiger partial charge >= 0.3 is 0 Å². The van der Waals surface area contributed by atoms with Crippen molar-refractivity contribution in [2.75, 3.05) is 42.0 Å². The van der Waals surface area contributed by atoms with E-state index >= 15 is 0 Å². The Morgan fingerprint density at radius 2 is 1.50 bits per heavy atom. The van der Waals surface area contributed by atoms with Gasteiger partial charge in [-0.3, -0.25) is 4.99 Å². The second kappa shape index (κ2) is 11.9. The molecule has 0 aliphatic heterocycles. The van der Waals surface area contributed by atoms with Crippen molar-refractivity contribution >= 4 is 5.96 Å². The van der Waals surface area contributed by atoms with Crippen LogP contribution in [0.1, 0.15) is 23.6 Å². The lowest BCUT2D eigenvalue weighted by Gasteiger charge is -2.16. The standard InChI is InChI=1S/C23H34N4O3/c1-7-27(3)16-18-10-8-9-17(11-18)14-25-23(24-2)26-15-19-12-20(28-4)22(30-6)21(13-19)29-5/h8-13H,7,14-16H2,1-6H3,(H2,24,25,26). The second-order valence-electron chi connectivity index (χ2n) is 6.96. The predicted octanol–water partition coefficient (Wildman–Crippen LogP) is 3.03. The summed E-state index contributed by atoms with van der Waals surface area (Å²) in [5, 5.41) is 6.70. The van der Waals surface area contributed by atoms with Crippen LogP contribution in [0.3, 0.4) is 0 Å². The molecule has 0 radical (unpaired) electrons. The van der Waals surface area contributed by atoms with Crippen LogP contribution in [0.2, 0.25) is 0 Å². The van der Waals surface area contributed by atoms with Crippen LogP contribution in [0, 0.1) is 0 Å². The van der Waals surface area contributed by atoms with Crippen LogP contribution in [-0.4, -0.2) is 52.8 Å². The third-order valence-electron chi connectivity index (χ3n) is 4.85. The lowest BCUT2D eigenvalue weighted by atomic mass is 10.1. The van der Waals surface area contributed by atoms with Gasteiger partial charge in [-0.15, -0.1) is 0 Å². The van der Waals surface area contributed by atoms with Gasteiger partial charge in [0.25, 0.3) is 0 Å². The molecular weight excluding hydrogens is 380 g/mol. The molecule has 0 atom stereocenters. The number of hydrogen-bond donors (Lipinski definition) is 2. The van der Waals surface area contributed by atoms with E-state index in [4.69, 9.17) is 14.2 Å². The van der Waals surface area contributed by atoms with Crippen LogP contribution in [-0.2, 0) is 19.6 Å². The normalized spacial score (nSPS) is 11.4. The van der Waals surface area contributed by atoms with E-state index in [-0.39, 0.29) is 0 Å². The maximum absolute atomic E-state index is 5.42. The number of aliphatic imine (C=N–C) groups is 1. The molecule has 2 N–H and O–H groups in total. The van der Waals surface area contributed by atoms with Crippen LogP contribution in [0.4, 0.5) is 0 Å². The molecule has 7 heteroatoms. The smallest absolute Gasteiger partial charge is 0.203 e. The zero-order valence-corrected chi connectivity index (χ0v) is 18.9. The summed E-state index contributed by atoms with van der Waals surface area (Å²) >= 11 is 0. The van der Waals surface area contributed by atoms with E-state index in [1.807, 2.05) is 12.1 Å². The van der Waals surface area contributed by atoms with Crippen molar-refractivity contribution < 1.29 is 14.2 Å². The zero-order chi connectivity index (χ0) is 21.9. The molecule has 2 aromatic carbocycles. The van der Waals surface area contributed by atoms with Crippen LogP contribution in [0.5, 0.6) is 17.2 Å². The fraction of sp³-hybridized carbons (Fsp3) is 0.435. The van der Waals surface area contributed by atoms with Gasteiger partial charge in [-0.1, -0.05) is 31.2 Å². The Morgan fingerprint density at radius 3 is 2.03 bits per heavy atom. The quantitative estimate of drug-likeness (QED) is 0.460. The summed E-state index contributed by atoms with van der Waals surface area (Å²) in [7, 11) is 8.71. The highest BCUT2D eigenvalue weighted by Gasteiger charge is 2.13. The molecule has 2 rings (SSSR count). The number of ether oxygens (including phenoxy) is 3. The first-order valence-electron chi connectivity index (χ1n) is 10.0. The lowest BCUT2D eigenvalue weighted by Crippen LogP contribution is -2.36. The number of methoxy groups -OCH3 is 3. The summed E-state index contributed by atoms with van der Waals surface area (Å²) in [6.07, 6.45) is 0. The van der Waals surface area contributed by atoms with Gasteiger partial charge in [0.2, 0.25) is 5.75 Å². The highest BCUT2D eigenvalue weighted by Crippen LogP contribution is 2.38. The molecule has 0 aliphatic rings. The summed E-state index contributed by atoms with van der Waals surface area (Å²) in [6, 6.07) is 12.5. The topological polar surface area (TPSA) is 67.4 Å². The van der Waals surface area contributed by atoms with Crippen molar-refractivity contribution in [3.8, 4) is 17.2 Å². The van der Waals surface area contributed by atoms with Crippen molar-refractivity contribution in [2.24, 2.45) is 4.99 Å². The fourth-order valence-electron chi connectivity index (χ4n) is 3.09. The number of rotatable bonds is 10. The first-order chi connectivity index (χ1) is 14.5. The van der Waals surface area contributed by atoms with Gasteiger partial charge in [0.15, 0.2) is 17.5 Å². The van der Waals surface area contributed by atoms with Crippen molar-refractivity contribution in [3.63, 3.8) is 0 Å². The summed E-state index contributed by atoms with van der Waals surface area (Å²) in [5.74, 6) is 2.57. The number of benzene rings is 2. The highest BCUT2D eigenvalue weighted by molar-refractivity contribution is 5.79. The molecule has 0 unspecified atom stereocenters. The van der Waals surface area contributed by atoms with Gasteiger partial charge in [0, 0.05) is 26.7 Å². The molecule has 0 fully saturated rings. The molecule has 0 amide bonds. The van der Waals surface area contributed by atoms with E-state index in [1.165, 1.54) is 11.1 Å². The maximum Gasteiger partial charge on any atom is 0.203 e. The molecule has 0 heterocycles. The molecule has 164 valence electrons. The highest BCUT2D eigenvalue weighted by atomic mass is 16.5. The molecule has 0 spiro atoms. The average molecular weight is 415 g/mol. The van der Waals surface area contributed by atoms with Gasteiger partial charge in [-0.05, 0) is 42.4 Å². The summed E-state index contributed by atoms with van der Waals surface area (Å²) < 4.78 is 16.2. The number of hydrogen-bond acceptors (Lipinski definition) is 5. The van der Waals surface area contributed by atoms with Crippen molar-refractivity contribution in [1.82, 2.24) is 15.5 Å². The largest absolute Gasteiger partial charge is 0.493 e. The third-order valence-corrected chi connectivity index (χ3v) is 4.85. The second-order valence-corrected chi connectivity index (χ2v) is 6.96. The van der Waals surface area contributed by atoms with E-state index in [0.29, 0.717) is 30.3 Å². The lowest BCUT2D eigenvalue weighted by molar-refractivity contribution is 0.323. The monoisotopic (exact) mass is 414 g/mol. The Bertz CT molecular complexity index is 814. The molecule has 0 saturated heterocycles. The van der Waals surface area contributed by atoms with Crippen LogP contribution < -0.4 is 24.8 Å². The minimum atomic E-state index is 0.567. The Balaban J connectivity index is 1.98. The minimum absolute atomic E-state index is 0.567. The van der Waals surface area contributed by atoms with Gasteiger partial charge in [0.05, 0.1) is 21.3 Å². The molecule has 0 bridgehead atoms. The van der Waals surface area contributed by atoms with E-state index in [9.17, 15) is 0 Å². The maximum atomic E-state index is 5.42. The Morgan fingerprint density at radius 1 is 0.900 bits per heavy atom. The molecule has 0 aromatic heterocycles. The van der Waals surface area contributed by atoms with Crippen molar-refractivity contribution in [2.45, 2.75) is 26.6 Å². The third kappa shape index (κ3) is 6.56. The zero-order valence-electron chi connectivity index (χ0n) is 18.9. The van der Waals surface area contributed by atoms with E-state index in [1.54, 1.807) is 28.4 Å². The molecule has 2 aromatic rings. The molecular formula is C23H34N4O3. The Kier molecular flexibility index (Phi) is 9.28. The number of nitrogens with one attached hydrogen (secondary N) is 2. The van der Waals surface area contributed by atoms with E-state index in [0.717, 1.165) is 24.6 Å². The van der Waals surface area contributed by atoms with E-state index < -0.39 is 0 Å². The average Bonchev–Trinajstić information content (AvgIpc) is 2.78. The minimum Gasteiger partial charge on any atom is -0.493 e. The summed E-state index contributed by atoms with van der Waals surface area (Å²) in [6.45, 7) is 5.39. The van der Waals surface area contributed by atoms with Gasteiger partial charge < -0.3 is 29.7 Å². The SMILES string of the molecule is CCN(C)Cc1cccc(CNC(=NC)NCc2cc(OC)c(OC)c(OC)c2)c1.